The summed E-state index contributed by atoms with van der Waals surface area (Å²) in [7, 11) is 0. The second kappa shape index (κ2) is 4.62. The molecule has 1 aromatic carbocycles. The maximum absolute atomic E-state index is 13.6. The van der Waals surface area contributed by atoms with Crippen LogP contribution in [0.25, 0.3) is 0 Å². The molecule has 0 amide bonds. The molecule has 0 heterocycles. The van der Waals surface area contributed by atoms with Gasteiger partial charge in [-0.1, -0.05) is 18.5 Å². The Bertz CT molecular complexity index is 390. The molecule has 0 spiro atoms. The minimum absolute atomic E-state index is 0.155. The molecule has 4 heteroatoms. The largest absolute Gasteiger partial charge is 0.481 e. The van der Waals surface area contributed by atoms with Crippen molar-refractivity contribution in [3.8, 4) is 0 Å². The third-order valence-electron chi connectivity index (χ3n) is 2.24. The number of aliphatic carboxylic acids is 1. The van der Waals surface area contributed by atoms with Crippen molar-refractivity contribution in [3.05, 3.63) is 34.1 Å². The number of carboxylic acid groups (broad SMARTS) is 1. The Labute approximate surface area is 92.7 Å². The Balaban J connectivity index is 2.99. The fourth-order valence-corrected chi connectivity index (χ4v) is 1.66. The summed E-state index contributed by atoms with van der Waals surface area (Å²) in [5, 5.41) is 9.15. The number of carboxylic acids is 1. The van der Waals surface area contributed by atoms with E-state index >= 15 is 0 Å². The van der Waals surface area contributed by atoms with Gasteiger partial charge in [-0.05, 0) is 36.6 Å². The van der Waals surface area contributed by atoms with Crippen molar-refractivity contribution in [1.29, 1.82) is 0 Å². The van der Waals surface area contributed by atoms with E-state index in [-0.39, 0.29) is 12.2 Å². The van der Waals surface area contributed by atoms with Crippen LogP contribution in [0.2, 0.25) is 5.02 Å². The molecule has 1 N–H and O–H groups in total. The molecule has 0 fully saturated rings. The molecular formula is C11H12ClFO2. The highest BCUT2D eigenvalue weighted by molar-refractivity contribution is 6.30. The van der Waals surface area contributed by atoms with E-state index in [0.29, 0.717) is 16.1 Å². The first-order valence-electron chi connectivity index (χ1n) is 4.59. The Morgan fingerprint density at radius 2 is 2.20 bits per heavy atom. The lowest BCUT2D eigenvalue weighted by atomic mass is 9.99. The van der Waals surface area contributed by atoms with Gasteiger partial charge in [-0.25, -0.2) is 4.39 Å². The molecule has 0 aromatic heterocycles. The molecule has 1 unspecified atom stereocenters. The number of aryl methyl sites for hydroxylation is 1. The second-order valence-corrected chi connectivity index (χ2v) is 4.08. The molecule has 1 aromatic rings. The van der Waals surface area contributed by atoms with Crippen LogP contribution in [-0.2, 0) is 11.2 Å². The lowest BCUT2D eigenvalue weighted by Gasteiger charge is -2.09. The van der Waals surface area contributed by atoms with Gasteiger partial charge in [0.05, 0.1) is 5.92 Å². The highest BCUT2D eigenvalue weighted by atomic mass is 35.5. The zero-order valence-corrected chi connectivity index (χ0v) is 9.31. The smallest absolute Gasteiger partial charge is 0.306 e. The zero-order chi connectivity index (χ0) is 11.6. The number of benzene rings is 1. The van der Waals surface area contributed by atoms with E-state index in [1.807, 2.05) is 0 Å². The molecule has 82 valence electrons. The minimum Gasteiger partial charge on any atom is -0.481 e. The molecule has 15 heavy (non-hydrogen) atoms. The molecule has 1 rings (SSSR count). The maximum Gasteiger partial charge on any atom is 0.306 e. The molecule has 1 atom stereocenters. The number of carbonyl (C=O) groups is 1. The molecule has 0 aliphatic heterocycles. The first kappa shape index (κ1) is 12.0. The quantitative estimate of drug-likeness (QED) is 0.867. The zero-order valence-electron chi connectivity index (χ0n) is 8.55. The summed E-state index contributed by atoms with van der Waals surface area (Å²) in [6, 6.07) is 3.00. The molecule has 0 saturated heterocycles. The second-order valence-electron chi connectivity index (χ2n) is 3.64. The van der Waals surface area contributed by atoms with Crippen molar-refractivity contribution in [2.24, 2.45) is 5.92 Å². The fourth-order valence-electron chi connectivity index (χ4n) is 1.36. The van der Waals surface area contributed by atoms with Crippen LogP contribution in [0.15, 0.2) is 12.1 Å². The number of hydrogen-bond donors (Lipinski definition) is 1. The van der Waals surface area contributed by atoms with Crippen molar-refractivity contribution < 1.29 is 14.3 Å². The lowest BCUT2D eigenvalue weighted by Crippen LogP contribution is -2.13. The maximum atomic E-state index is 13.6. The van der Waals surface area contributed by atoms with Crippen LogP contribution in [0.4, 0.5) is 4.39 Å². The molecular weight excluding hydrogens is 219 g/mol. The Kier molecular flexibility index (Phi) is 3.69. The summed E-state index contributed by atoms with van der Waals surface area (Å²) in [5.41, 5.74) is 0.796. The SMILES string of the molecule is Cc1cc(Cl)cc(CC(C)C(=O)O)c1F. The van der Waals surface area contributed by atoms with E-state index in [0.717, 1.165) is 0 Å². The van der Waals surface area contributed by atoms with Crippen molar-refractivity contribution in [1.82, 2.24) is 0 Å². The van der Waals surface area contributed by atoms with Crippen LogP contribution < -0.4 is 0 Å². The summed E-state index contributed by atoms with van der Waals surface area (Å²) in [6.45, 7) is 3.15. The monoisotopic (exact) mass is 230 g/mol. The first-order chi connectivity index (χ1) is 6.91. The Morgan fingerprint density at radius 3 is 2.73 bits per heavy atom. The van der Waals surface area contributed by atoms with Gasteiger partial charge in [0.15, 0.2) is 0 Å². The molecule has 0 saturated carbocycles. The van der Waals surface area contributed by atoms with Gasteiger partial charge in [-0.2, -0.15) is 0 Å². The van der Waals surface area contributed by atoms with Crippen molar-refractivity contribution in [2.75, 3.05) is 0 Å². The van der Waals surface area contributed by atoms with Gasteiger partial charge in [-0.3, -0.25) is 4.79 Å². The lowest BCUT2D eigenvalue weighted by molar-refractivity contribution is -0.141. The molecule has 0 radical (unpaired) electrons. The molecule has 0 aliphatic carbocycles. The highest BCUT2D eigenvalue weighted by Crippen LogP contribution is 2.21. The van der Waals surface area contributed by atoms with Gasteiger partial charge in [-0.15, -0.1) is 0 Å². The normalized spacial score (nSPS) is 12.5. The van der Waals surface area contributed by atoms with Gasteiger partial charge in [0, 0.05) is 5.02 Å². The number of rotatable bonds is 3. The van der Waals surface area contributed by atoms with Crippen molar-refractivity contribution in [3.63, 3.8) is 0 Å². The predicted octanol–water partition coefficient (Wildman–Crippen LogP) is 3.05. The van der Waals surface area contributed by atoms with E-state index in [1.54, 1.807) is 6.92 Å². The Hall–Kier alpha value is -1.09. The van der Waals surface area contributed by atoms with E-state index in [4.69, 9.17) is 16.7 Å². The highest BCUT2D eigenvalue weighted by Gasteiger charge is 2.15. The first-order valence-corrected chi connectivity index (χ1v) is 4.97. The van der Waals surface area contributed by atoms with Crippen molar-refractivity contribution in [2.45, 2.75) is 20.3 Å². The third kappa shape index (κ3) is 2.93. The van der Waals surface area contributed by atoms with E-state index in [2.05, 4.69) is 0 Å². The van der Waals surface area contributed by atoms with Crippen molar-refractivity contribution >= 4 is 17.6 Å². The van der Waals surface area contributed by atoms with Gasteiger partial charge in [0.25, 0.3) is 0 Å². The number of halogens is 2. The fraction of sp³-hybridized carbons (Fsp3) is 0.364. The number of hydrogen-bond acceptors (Lipinski definition) is 1. The topological polar surface area (TPSA) is 37.3 Å². The average Bonchev–Trinajstić information content (AvgIpc) is 2.13. The van der Waals surface area contributed by atoms with Gasteiger partial charge in [0.2, 0.25) is 0 Å². The molecule has 2 nitrogen and oxygen atoms in total. The summed E-state index contributed by atoms with van der Waals surface area (Å²) < 4.78 is 13.6. The minimum atomic E-state index is -0.938. The predicted molar refractivity (Wildman–Crippen MR) is 56.7 cm³/mol. The Morgan fingerprint density at radius 1 is 1.60 bits per heavy atom. The molecule has 0 aliphatic rings. The van der Waals surface area contributed by atoms with Gasteiger partial charge in [0.1, 0.15) is 5.82 Å². The summed E-state index contributed by atoms with van der Waals surface area (Å²) in [4.78, 5) is 10.6. The summed E-state index contributed by atoms with van der Waals surface area (Å²) >= 11 is 5.77. The summed E-state index contributed by atoms with van der Waals surface area (Å²) in [6.07, 6.45) is 0.155. The average molecular weight is 231 g/mol. The van der Waals surface area contributed by atoms with E-state index in [1.165, 1.54) is 19.1 Å². The van der Waals surface area contributed by atoms with Crippen LogP contribution >= 0.6 is 11.6 Å². The van der Waals surface area contributed by atoms with Crippen LogP contribution in [-0.4, -0.2) is 11.1 Å². The van der Waals surface area contributed by atoms with Crippen LogP contribution in [0.1, 0.15) is 18.1 Å². The summed E-state index contributed by atoms with van der Waals surface area (Å²) in [5.74, 6) is -1.92. The standard InChI is InChI=1S/C11H12ClFO2/c1-6-4-9(12)5-8(10(6)13)3-7(2)11(14)15/h4-5,7H,3H2,1-2H3,(H,14,15). The molecule has 0 bridgehead atoms. The van der Waals surface area contributed by atoms with Gasteiger partial charge < -0.3 is 5.11 Å². The van der Waals surface area contributed by atoms with E-state index < -0.39 is 11.9 Å². The third-order valence-corrected chi connectivity index (χ3v) is 2.46. The van der Waals surface area contributed by atoms with Crippen LogP contribution in [0.5, 0.6) is 0 Å². The van der Waals surface area contributed by atoms with Crippen LogP contribution in [0.3, 0.4) is 0 Å². The van der Waals surface area contributed by atoms with Crippen LogP contribution in [0, 0.1) is 18.7 Å². The van der Waals surface area contributed by atoms with Gasteiger partial charge >= 0.3 is 5.97 Å². The van der Waals surface area contributed by atoms with E-state index in [9.17, 15) is 9.18 Å².